The highest BCUT2D eigenvalue weighted by atomic mass is 16.5. The van der Waals surface area contributed by atoms with E-state index in [1.807, 2.05) is 30.2 Å². The molecule has 0 N–H and O–H groups in total. The standard InChI is InChI=1S/C15H21N5O2/c1-19-9-11(8-18-19)6-12-13(21-2)4-5-20(12)14-7-15(22-3)17-10-16-14/h7-10,12-13H,4-6H2,1-3H3/t12-,13-/m0/s1. The highest BCUT2D eigenvalue weighted by Crippen LogP contribution is 2.29. The summed E-state index contributed by atoms with van der Waals surface area (Å²) in [5.41, 5.74) is 1.20. The first-order chi connectivity index (χ1) is 10.7. The first kappa shape index (κ1) is 14.8. The summed E-state index contributed by atoms with van der Waals surface area (Å²) in [6.45, 7) is 0.906. The van der Waals surface area contributed by atoms with Gasteiger partial charge in [0, 0.05) is 33.0 Å². The Balaban J connectivity index is 1.84. The van der Waals surface area contributed by atoms with Crippen LogP contribution in [0.25, 0.3) is 0 Å². The summed E-state index contributed by atoms with van der Waals surface area (Å²) in [5, 5.41) is 4.25. The van der Waals surface area contributed by atoms with Gasteiger partial charge in [0.1, 0.15) is 12.1 Å². The Kier molecular flexibility index (Phi) is 4.24. The predicted molar refractivity (Wildman–Crippen MR) is 82.0 cm³/mol. The van der Waals surface area contributed by atoms with E-state index in [-0.39, 0.29) is 12.1 Å². The van der Waals surface area contributed by atoms with Gasteiger partial charge in [-0.3, -0.25) is 4.68 Å². The molecule has 0 radical (unpaired) electrons. The van der Waals surface area contributed by atoms with Crippen LogP contribution >= 0.6 is 0 Å². The lowest BCUT2D eigenvalue weighted by Gasteiger charge is -2.28. The lowest BCUT2D eigenvalue weighted by Crippen LogP contribution is -2.38. The SMILES string of the molecule is COc1cc(N2CC[C@H](OC)[C@@H]2Cc2cnn(C)c2)ncn1. The van der Waals surface area contributed by atoms with E-state index in [0.29, 0.717) is 5.88 Å². The predicted octanol–water partition coefficient (Wildman–Crippen LogP) is 1.06. The van der Waals surface area contributed by atoms with Crippen LogP contribution in [0, 0.1) is 0 Å². The maximum Gasteiger partial charge on any atom is 0.218 e. The van der Waals surface area contributed by atoms with Crippen LogP contribution in [0.5, 0.6) is 5.88 Å². The van der Waals surface area contributed by atoms with E-state index in [0.717, 1.165) is 25.2 Å². The molecule has 0 aliphatic carbocycles. The van der Waals surface area contributed by atoms with Crippen LogP contribution in [0.15, 0.2) is 24.8 Å². The van der Waals surface area contributed by atoms with Crippen LogP contribution in [0.2, 0.25) is 0 Å². The monoisotopic (exact) mass is 303 g/mol. The number of nitrogens with zero attached hydrogens (tertiary/aromatic N) is 5. The fraction of sp³-hybridized carbons (Fsp3) is 0.533. The zero-order valence-electron chi connectivity index (χ0n) is 13.1. The number of anilines is 1. The number of aryl methyl sites for hydroxylation is 1. The van der Waals surface area contributed by atoms with Crippen molar-refractivity contribution in [3.05, 3.63) is 30.4 Å². The van der Waals surface area contributed by atoms with Crippen molar-refractivity contribution in [3.63, 3.8) is 0 Å². The zero-order chi connectivity index (χ0) is 15.5. The summed E-state index contributed by atoms with van der Waals surface area (Å²) in [4.78, 5) is 10.7. The van der Waals surface area contributed by atoms with Gasteiger partial charge in [0.2, 0.25) is 5.88 Å². The van der Waals surface area contributed by atoms with Crippen molar-refractivity contribution in [2.75, 3.05) is 25.7 Å². The zero-order valence-corrected chi connectivity index (χ0v) is 13.1. The molecule has 3 heterocycles. The Bertz CT molecular complexity index is 630. The molecule has 3 rings (SSSR count). The largest absolute Gasteiger partial charge is 0.481 e. The third-order valence-electron chi connectivity index (χ3n) is 4.12. The van der Waals surface area contributed by atoms with Crippen LogP contribution in [-0.4, -0.2) is 52.7 Å². The molecule has 22 heavy (non-hydrogen) atoms. The van der Waals surface area contributed by atoms with Crippen LogP contribution in [0.1, 0.15) is 12.0 Å². The second-order valence-corrected chi connectivity index (χ2v) is 5.47. The molecule has 0 bridgehead atoms. The minimum atomic E-state index is 0.182. The average molecular weight is 303 g/mol. The maximum absolute atomic E-state index is 5.67. The van der Waals surface area contributed by atoms with E-state index in [1.54, 1.807) is 14.2 Å². The summed E-state index contributed by atoms with van der Waals surface area (Å²) in [5.74, 6) is 1.45. The van der Waals surface area contributed by atoms with Crippen LogP contribution in [0.3, 0.4) is 0 Å². The number of hydrogen-bond donors (Lipinski definition) is 0. The molecule has 0 saturated carbocycles. The van der Waals surface area contributed by atoms with Crippen LogP contribution < -0.4 is 9.64 Å². The van der Waals surface area contributed by atoms with Gasteiger partial charge in [0.25, 0.3) is 0 Å². The minimum absolute atomic E-state index is 0.182. The molecule has 2 aromatic rings. The molecule has 0 aromatic carbocycles. The molecule has 118 valence electrons. The summed E-state index contributed by atoms with van der Waals surface area (Å²) >= 11 is 0. The molecule has 0 unspecified atom stereocenters. The van der Waals surface area contributed by atoms with E-state index in [2.05, 4.69) is 20.0 Å². The number of methoxy groups -OCH3 is 2. The van der Waals surface area contributed by atoms with Crippen molar-refractivity contribution < 1.29 is 9.47 Å². The van der Waals surface area contributed by atoms with Crippen molar-refractivity contribution in [1.82, 2.24) is 19.7 Å². The second kappa shape index (κ2) is 6.31. The third kappa shape index (κ3) is 2.89. The molecule has 7 heteroatoms. The van der Waals surface area contributed by atoms with Gasteiger partial charge in [0.05, 0.1) is 25.5 Å². The smallest absolute Gasteiger partial charge is 0.218 e. The molecule has 1 fully saturated rings. The average Bonchev–Trinajstić information content (AvgIpc) is 3.14. The lowest BCUT2D eigenvalue weighted by atomic mass is 10.0. The summed E-state index contributed by atoms with van der Waals surface area (Å²) in [6.07, 6.45) is 7.52. The van der Waals surface area contributed by atoms with E-state index in [4.69, 9.17) is 9.47 Å². The number of aromatic nitrogens is 4. The molecular formula is C15H21N5O2. The highest BCUT2D eigenvalue weighted by Gasteiger charge is 2.35. The minimum Gasteiger partial charge on any atom is -0.481 e. The Morgan fingerprint density at radius 2 is 2.18 bits per heavy atom. The Hall–Kier alpha value is -2.15. The topological polar surface area (TPSA) is 65.3 Å². The van der Waals surface area contributed by atoms with Crippen molar-refractivity contribution in [2.45, 2.75) is 25.0 Å². The van der Waals surface area contributed by atoms with E-state index >= 15 is 0 Å². The van der Waals surface area contributed by atoms with Crippen LogP contribution in [-0.2, 0) is 18.2 Å². The van der Waals surface area contributed by atoms with Crippen molar-refractivity contribution in [2.24, 2.45) is 7.05 Å². The van der Waals surface area contributed by atoms with Gasteiger partial charge in [-0.25, -0.2) is 9.97 Å². The molecule has 0 spiro atoms. The van der Waals surface area contributed by atoms with Gasteiger partial charge in [-0.05, 0) is 18.4 Å². The third-order valence-corrected chi connectivity index (χ3v) is 4.12. The van der Waals surface area contributed by atoms with Crippen molar-refractivity contribution >= 4 is 5.82 Å². The molecule has 2 aromatic heterocycles. The molecule has 0 amide bonds. The normalized spacial score (nSPS) is 21.3. The highest BCUT2D eigenvalue weighted by molar-refractivity contribution is 5.44. The Morgan fingerprint density at radius 1 is 1.32 bits per heavy atom. The maximum atomic E-state index is 5.67. The molecular weight excluding hydrogens is 282 g/mol. The first-order valence-electron chi connectivity index (χ1n) is 7.34. The Morgan fingerprint density at radius 3 is 2.86 bits per heavy atom. The molecule has 1 saturated heterocycles. The fourth-order valence-electron chi connectivity index (χ4n) is 3.04. The van der Waals surface area contributed by atoms with Gasteiger partial charge < -0.3 is 14.4 Å². The van der Waals surface area contributed by atoms with Gasteiger partial charge in [-0.15, -0.1) is 0 Å². The van der Waals surface area contributed by atoms with E-state index in [1.165, 1.54) is 11.9 Å². The quantitative estimate of drug-likeness (QED) is 0.823. The van der Waals surface area contributed by atoms with Gasteiger partial charge in [0.15, 0.2) is 0 Å². The van der Waals surface area contributed by atoms with Crippen molar-refractivity contribution in [3.8, 4) is 5.88 Å². The molecule has 1 aliphatic heterocycles. The number of rotatable bonds is 5. The molecule has 7 nitrogen and oxygen atoms in total. The number of hydrogen-bond acceptors (Lipinski definition) is 6. The lowest BCUT2D eigenvalue weighted by molar-refractivity contribution is 0.0953. The fourth-order valence-corrected chi connectivity index (χ4v) is 3.04. The van der Waals surface area contributed by atoms with Gasteiger partial charge in [-0.2, -0.15) is 5.10 Å². The molecule has 1 aliphatic rings. The second-order valence-electron chi connectivity index (χ2n) is 5.47. The van der Waals surface area contributed by atoms with E-state index < -0.39 is 0 Å². The molecule has 2 atom stereocenters. The van der Waals surface area contributed by atoms with Crippen LogP contribution in [0.4, 0.5) is 5.82 Å². The summed E-state index contributed by atoms with van der Waals surface area (Å²) in [6, 6.07) is 2.10. The number of ether oxygens (including phenoxy) is 2. The van der Waals surface area contributed by atoms with Gasteiger partial charge in [-0.1, -0.05) is 0 Å². The Labute approximate surface area is 129 Å². The van der Waals surface area contributed by atoms with E-state index in [9.17, 15) is 0 Å². The first-order valence-corrected chi connectivity index (χ1v) is 7.34. The summed E-state index contributed by atoms with van der Waals surface area (Å²) in [7, 11) is 5.31. The summed E-state index contributed by atoms with van der Waals surface area (Å²) < 4.78 is 12.7. The van der Waals surface area contributed by atoms with Crippen molar-refractivity contribution in [1.29, 1.82) is 0 Å². The van der Waals surface area contributed by atoms with Gasteiger partial charge >= 0.3 is 0 Å².